The zero-order valence-electron chi connectivity index (χ0n) is 11.2. The molecule has 1 amide bonds. The average molecular weight is 276 g/mol. The van der Waals surface area contributed by atoms with E-state index in [0.717, 1.165) is 6.42 Å². The molecule has 1 atom stereocenters. The van der Waals surface area contributed by atoms with Gasteiger partial charge in [0.05, 0.1) is 11.7 Å². The highest BCUT2D eigenvalue weighted by molar-refractivity contribution is 5.99. The lowest BCUT2D eigenvalue weighted by molar-refractivity contribution is 0.0563. The fourth-order valence-corrected chi connectivity index (χ4v) is 2.45. The Morgan fingerprint density at radius 1 is 1.55 bits per heavy atom. The van der Waals surface area contributed by atoms with E-state index in [4.69, 9.17) is 4.74 Å². The number of aromatic amines is 1. The molecule has 3 rings (SSSR count). The van der Waals surface area contributed by atoms with Crippen molar-refractivity contribution in [2.24, 2.45) is 0 Å². The molecule has 1 unspecified atom stereocenters. The maximum absolute atomic E-state index is 12.6. The van der Waals surface area contributed by atoms with Gasteiger partial charge >= 0.3 is 5.69 Å². The number of carbonyl (C=O) groups excluding carboxylic acids is 1. The van der Waals surface area contributed by atoms with Crippen LogP contribution in [-0.2, 0) is 4.74 Å². The van der Waals surface area contributed by atoms with Gasteiger partial charge in [0.15, 0.2) is 5.65 Å². The number of hydrogen-bond acceptors (Lipinski definition) is 4. The molecule has 1 saturated heterocycles. The largest absolute Gasteiger partial charge is 0.377 e. The number of aromatic nitrogens is 3. The lowest BCUT2D eigenvalue weighted by Crippen LogP contribution is -2.36. The smallest absolute Gasteiger partial charge is 0.347 e. The second kappa shape index (κ2) is 5.09. The molecule has 0 spiro atoms. The van der Waals surface area contributed by atoms with Gasteiger partial charge in [0.1, 0.15) is 0 Å². The van der Waals surface area contributed by atoms with Crippen molar-refractivity contribution in [3.63, 3.8) is 0 Å². The first-order valence-electron chi connectivity index (χ1n) is 6.63. The summed E-state index contributed by atoms with van der Waals surface area (Å²) in [5.74, 6) is -0.119. The van der Waals surface area contributed by atoms with Crippen molar-refractivity contribution in [2.45, 2.75) is 19.4 Å². The molecule has 7 nitrogen and oxygen atoms in total. The van der Waals surface area contributed by atoms with Crippen molar-refractivity contribution in [2.75, 3.05) is 19.7 Å². The van der Waals surface area contributed by atoms with Crippen LogP contribution in [-0.4, -0.2) is 51.2 Å². The van der Waals surface area contributed by atoms with Gasteiger partial charge in [-0.1, -0.05) is 0 Å². The molecule has 2 aromatic rings. The van der Waals surface area contributed by atoms with Crippen molar-refractivity contribution in [3.8, 4) is 0 Å². The molecule has 3 heterocycles. The maximum Gasteiger partial charge on any atom is 0.347 e. The van der Waals surface area contributed by atoms with Gasteiger partial charge in [-0.2, -0.15) is 5.10 Å². The molecule has 7 heteroatoms. The van der Waals surface area contributed by atoms with Crippen LogP contribution in [0.25, 0.3) is 5.65 Å². The Labute approximate surface area is 115 Å². The van der Waals surface area contributed by atoms with E-state index in [1.54, 1.807) is 23.2 Å². The summed E-state index contributed by atoms with van der Waals surface area (Å²) in [4.78, 5) is 25.9. The Bertz CT molecular complexity index is 690. The van der Waals surface area contributed by atoms with Crippen LogP contribution in [0.4, 0.5) is 0 Å². The first-order valence-corrected chi connectivity index (χ1v) is 6.63. The first kappa shape index (κ1) is 12.9. The van der Waals surface area contributed by atoms with Gasteiger partial charge in [0.2, 0.25) is 0 Å². The zero-order valence-corrected chi connectivity index (χ0v) is 11.2. The number of H-pyrrole nitrogens is 1. The molecular formula is C13H16N4O3. The van der Waals surface area contributed by atoms with Crippen LogP contribution < -0.4 is 5.69 Å². The van der Waals surface area contributed by atoms with Crippen molar-refractivity contribution < 1.29 is 9.53 Å². The summed E-state index contributed by atoms with van der Waals surface area (Å²) in [6.07, 6.45) is 2.42. The third-order valence-electron chi connectivity index (χ3n) is 3.41. The summed E-state index contributed by atoms with van der Waals surface area (Å²) in [6, 6.07) is 3.36. The van der Waals surface area contributed by atoms with E-state index in [-0.39, 0.29) is 17.7 Å². The molecule has 1 aliphatic heterocycles. The molecular weight excluding hydrogens is 260 g/mol. The normalized spacial score (nSPS) is 20.1. The number of pyridine rings is 1. The van der Waals surface area contributed by atoms with Gasteiger partial charge in [0, 0.05) is 25.9 Å². The summed E-state index contributed by atoms with van der Waals surface area (Å²) in [5.41, 5.74) is 0.447. The lowest BCUT2D eigenvalue weighted by Gasteiger charge is -2.22. The fourth-order valence-electron chi connectivity index (χ4n) is 2.45. The minimum absolute atomic E-state index is 0.0163. The highest BCUT2D eigenvalue weighted by atomic mass is 16.5. The van der Waals surface area contributed by atoms with Gasteiger partial charge in [-0.05, 0) is 25.5 Å². The summed E-state index contributed by atoms with van der Waals surface area (Å²) < 4.78 is 6.88. The second-order valence-corrected chi connectivity index (χ2v) is 4.93. The number of rotatable bonds is 1. The van der Waals surface area contributed by atoms with Gasteiger partial charge in [-0.15, -0.1) is 0 Å². The van der Waals surface area contributed by atoms with Crippen LogP contribution in [0.2, 0.25) is 0 Å². The quantitative estimate of drug-likeness (QED) is 0.811. The molecule has 106 valence electrons. The second-order valence-electron chi connectivity index (χ2n) is 4.93. The molecule has 1 fully saturated rings. The van der Waals surface area contributed by atoms with Crippen molar-refractivity contribution in [1.29, 1.82) is 0 Å². The number of nitrogens with zero attached hydrogens (tertiary/aromatic N) is 3. The summed E-state index contributed by atoms with van der Waals surface area (Å²) >= 11 is 0. The highest BCUT2D eigenvalue weighted by Crippen LogP contribution is 2.13. The number of ether oxygens (including phenoxy) is 1. The molecule has 0 aliphatic carbocycles. The van der Waals surface area contributed by atoms with E-state index < -0.39 is 0 Å². The molecule has 1 N–H and O–H groups in total. The Balaban J connectivity index is 1.97. The van der Waals surface area contributed by atoms with Gasteiger partial charge in [0.25, 0.3) is 5.91 Å². The van der Waals surface area contributed by atoms with Crippen LogP contribution in [0, 0.1) is 0 Å². The first-order chi connectivity index (χ1) is 9.66. The van der Waals surface area contributed by atoms with Crippen LogP contribution in [0.15, 0.2) is 23.1 Å². The third kappa shape index (κ3) is 2.20. The molecule has 0 radical (unpaired) electrons. The van der Waals surface area contributed by atoms with E-state index in [0.29, 0.717) is 30.9 Å². The predicted octanol–water partition coefficient (Wildman–Crippen LogP) is 0.274. The Morgan fingerprint density at radius 3 is 3.25 bits per heavy atom. The Morgan fingerprint density at radius 2 is 2.40 bits per heavy atom. The third-order valence-corrected chi connectivity index (χ3v) is 3.41. The highest BCUT2D eigenvalue weighted by Gasteiger charge is 2.23. The molecule has 0 aromatic carbocycles. The number of fused-ring (bicyclic) bond motifs is 1. The Kier molecular flexibility index (Phi) is 3.27. The van der Waals surface area contributed by atoms with Crippen LogP contribution in [0.1, 0.15) is 23.7 Å². The minimum atomic E-state index is -0.345. The summed E-state index contributed by atoms with van der Waals surface area (Å²) in [6.45, 7) is 3.82. The number of amides is 1. The van der Waals surface area contributed by atoms with E-state index in [1.165, 1.54) is 4.40 Å². The van der Waals surface area contributed by atoms with Gasteiger partial charge in [-0.3, -0.25) is 4.79 Å². The number of nitrogens with one attached hydrogen (secondary N) is 1. The van der Waals surface area contributed by atoms with Crippen molar-refractivity contribution in [1.82, 2.24) is 19.5 Å². The summed E-state index contributed by atoms with van der Waals surface area (Å²) in [7, 11) is 0. The topological polar surface area (TPSA) is 79.7 Å². The van der Waals surface area contributed by atoms with Crippen LogP contribution in [0.3, 0.4) is 0 Å². The predicted molar refractivity (Wildman–Crippen MR) is 71.7 cm³/mol. The summed E-state index contributed by atoms with van der Waals surface area (Å²) in [5, 5.41) is 6.28. The molecule has 0 saturated carbocycles. The Hall–Kier alpha value is -2.15. The minimum Gasteiger partial charge on any atom is -0.377 e. The fraction of sp³-hybridized carbons (Fsp3) is 0.462. The average Bonchev–Trinajstić information content (AvgIpc) is 2.69. The SMILES string of the molecule is CC1CN(C(=O)c2cccn3c(=O)[nH]nc23)CCCO1. The van der Waals surface area contributed by atoms with E-state index in [9.17, 15) is 9.59 Å². The standard InChI is InChI=1S/C13H16N4O3/c1-9-8-16(5-3-7-20-9)12(18)10-4-2-6-17-11(10)14-15-13(17)19/h2,4,6,9H,3,5,7-8H2,1H3,(H,15,19). The van der Waals surface area contributed by atoms with E-state index >= 15 is 0 Å². The maximum atomic E-state index is 12.6. The van der Waals surface area contributed by atoms with E-state index in [2.05, 4.69) is 10.2 Å². The van der Waals surface area contributed by atoms with E-state index in [1.807, 2.05) is 6.92 Å². The molecule has 20 heavy (non-hydrogen) atoms. The van der Waals surface area contributed by atoms with Crippen molar-refractivity contribution >= 4 is 11.6 Å². The lowest BCUT2D eigenvalue weighted by atomic mass is 10.2. The van der Waals surface area contributed by atoms with Crippen LogP contribution >= 0.6 is 0 Å². The van der Waals surface area contributed by atoms with Crippen molar-refractivity contribution in [3.05, 3.63) is 34.4 Å². The van der Waals surface area contributed by atoms with Gasteiger partial charge in [-0.25, -0.2) is 14.3 Å². The zero-order chi connectivity index (χ0) is 14.1. The monoisotopic (exact) mass is 276 g/mol. The molecule has 2 aromatic heterocycles. The molecule has 0 bridgehead atoms. The molecule has 1 aliphatic rings. The van der Waals surface area contributed by atoms with Gasteiger partial charge < -0.3 is 9.64 Å². The number of hydrogen-bond donors (Lipinski definition) is 1. The number of carbonyl (C=O) groups is 1. The van der Waals surface area contributed by atoms with Crippen LogP contribution in [0.5, 0.6) is 0 Å².